The molecule has 1 saturated carbocycles. The summed E-state index contributed by atoms with van der Waals surface area (Å²) in [6.07, 6.45) is 3.50. The molecule has 5 rings (SSSR count). The number of hydrogen-bond donors (Lipinski definition) is 2. The van der Waals surface area contributed by atoms with Gasteiger partial charge in [0.15, 0.2) is 0 Å². The van der Waals surface area contributed by atoms with E-state index in [2.05, 4.69) is 5.32 Å². The quantitative estimate of drug-likeness (QED) is 0.622. The predicted molar refractivity (Wildman–Crippen MR) is 97.8 cm³/mol. The molecule has 1 spiro atoms. The van der Waals surface area contributed by atoms with E-state index in [4.69, 9.17) is 0 Å². The Bertz CT molecular complexity index is 925. The summed E-state index contributed by atoms with van der Waals surface area (Å²) in [5.41, 5.74) is 0.121. The summed E-state index contributed by atoms with van der Waals surface area (Å²) < 4.78 is 0. The summed E-state index contributed by atoms with van der Waals surface area (Å²) in [5, 5.41) is 15.7. The van der Waals surface area contributed by atoms with E-state index >= 15 is 0 Å². The molecule has 0 unspecified atom stereocenters. The molecule has 2 saturated heterocycles. The van der Waals surface area contributed by atoms with Crippen LogP contribution in [0.2, 0.25) is 0 Å². The van der Waals surface area contributed by atoms with E-state index in [1.807, 2.05) is 18.2 Å². The third kappa shape index (κ3) is 2.41. The van der Waals surface area contributed by atoms with Gasteiger partial charge in [-0.05, 0) is 25.3 Å². The number of amides is 3. The molecule has 1 aliphatic carbocycles. The molecule has 3 aliphatic heterocycles. The third-order valence-corrected chi connectivity index (χ3v) is 7.18. The maximum absolute atomic E-state index is 13.6. The summed E-state index contributed by atoms with van der Waals surface area (Å²) in [7, 11) is 0. The minimum atomic E-state index is -1.22. The van der Waals surface area contributed by atoms with Crippen molar-refractivity contribution in [3.8, 4) is 0 Å². The summed E-state index contributed by atoms with van der Waals surface area (Å²) in [6.45, 7) is 0. The Morgan fingerprint density at radius 1 is 1.17 bits per heavy atom. The molecule has 3 N–H and O–H groups in total. The molecule has 4 aliphatic rings. The van der Waals surface area contributed by atoms with Crippen LogP contribution in [-0.2, 0) is 24.7 Å². The fourth-order valence-corrected chi connectivity index (χ4v) is 6.01. The highest BCUT2D eigenvalue weighted by Gasteiger charge is 2.74. The van der Waals surface area contributed by atoms with Crippen LogP contribution < -0.4 is 15.7 Å². The zero-order valence-corrected chi connectivity index (χ0v) is 15.9. The molecule has 152 valence electrons. The number of anilines is 1. The molecular weight excluding hydrogens is 374 g/mol. The number of para-hydroxylation sites is 1. The zero-order valence-electron chi connectivity index (χ0n) is 15.9. The highest BCUT2D eigenvalue weighted by molar-refractivity contribution is 6.14. The SMILES string of the molecule is O=C([O-])CC[C@H]1[NH2+][C@@]2(C(=O)Nc3ccccc32)[C@@H]2C(=O)N(C3CCCC3)C(=O)[C@@H]21. The molecular formula is C21H23N3O5. The lowest BCUT2D eigenvalue weighted by molar-refractivity contribution is -0.734. The first kappa shape index (κ1) is 18.3. The molecule has 0 radical (unpaired) electrons. The number of rotatable bonds is 4. The molecule has 29 heavy (non-hydrogen) atoms. The normalized spacial score (nSPS) is 33.4. The minimum Gasteiger partial charge on any atom is -0.550 e. The Kier molecular flexibility index (Phi) is 4.03. The van der Waals surface area contributed by atoms with Crippen molar-refractivity contribution in [1.29, 1.82) is 0 Å². The van der Waals surface area contributed by atoms with Gasteiger partial charge < -0.3 is 20.5 Å². The standard InChI is InChI=1S/C21H23N3O5/c25-15(26)10-9-14-16-17(19(28)24(18(16)27)11-5-1-2-6-11)21(23-14)12-7-3-4-8-13(12)22-20(21)29/h3-4,7-8,11,14,16-17,23H,1-2,5-6,9-10H2,(H,22,29)(H,25,26)/t14-,16-,17+,21-/m1/s1. The molecule has 3 heterocycles. The number of hydrogen-bond acceptors (Lipinski definition) is 5. The molecule has 4 atom stereocenters. The van der Waals surface area contributed by atoms with Gasteiger partial charge in [0, 0.05) is 24.0 Å². The molecule has 8 nitrogen and oxygen atoms in total. The Labute approximate surface area is 167 Å². The molecule has 1 aromatic rings. The summed E-state index contributed by atoms with van der Waals surface area (Å²) in [5.74, 6) is -3.55. The number of imide groups is 1. The van der Waals surface area contributed by atoms with E-state index in [1.165, 1.54) is 4.90 Å². The summed E-state index contributed by atoms with van der Waals surface area (Å²) in [4.78, 5) is 52.6. The van der Waals surface area contributed by atoms with Gasteiger partial charge in [0.25, 0.3) is 5.91 Å². The van der Waals surface area contributed by atoms with Crippen molar-refractivity contribution >= 4 is 29.4 Å². The first-order chi connectivity index (χ1) is 13.9. The lowest BCUT2D eigenvalue weighted by Crippen LogP contribution is -2.99. The average Bonchev–Trinajstić information content (AvgIpc) is 3.42. The van der Waals surface area contributed by atoms with Crippen LogP contribution >= 0.6 is 0 Å². The number of nitrogens with zero attached hydrogens (tertiary/aromatic N) is 1. The highest BCUT2D eigenvalue weighted by atomic mass is 16.4. The number of fused-ring (bicyclic) bond motifs is 4. The predicted octanol–water partition coefficient (Wildman–Crippen LogP) is -1.15. The van der Waals surface area contributed by atoms with E-state index in [-0.39, 0.29) is 36.6 Å². The molecule has 3 fully saturated rings. The van der Waals surface area contributed by atoms with E-state index in [1.54, 1.807) is 11.4 Å². The van der Waals surface area contributed by atoms with Gasteiger partial charge in [-0.3, -0.25) is 19.3 Å². The molecule has 0 aromatic heterocycles. The fourth-order valence-electron chi connectivity index (χ4n) is 6.01. The van der Waals surface area contributed by atoms with Gasteiger partial charge in [0.05, 0.1) is 5.69 Å². The number of carbonyl (C=O) groups is 4. The van der Waals surface area contributed by atoms with Gasteiger partial charge in [-0.25, -0.2) is 0 Å². The van der Waals surface area contributed by atoms with Crippen molar-refractivity contribution in [1.82, 2.24) is 4.90 Å². The lowest BCUT2D eigenvalue weighted by Gasteiger charge is -2.28. The number of carbonyl (C=O) groups excluding carboxylic acids is 4. The molecule has 1 aromatic carbocycles. The van der Waals surface area contributed by atoms with E-state index in [0.29, 0.717) is 11.3 Å². The molecule has 3 amide bonds. The number of aliphatic carboxylic acids is 1. The monoisotopic (exact) mass is 397 g/mol. The number of nitrogens with two attached hydrogens (primary N) is 1. The zero-order chi connectivity index (χ0) is 20.3. The van der Waals surface area contributed by atoms with Crippen molar-refractivity contribution in [2.24, 2.45) is 11.8 Å². The average molecular weight is 397 g/mol. The Balaban J connectivity index is 1.61. The minimum absolute atomic E-state index is 0.112. The first-order valence-corrected chi connectivity index (χ1v) is 10.3. The van der Waals surface area contributed by atoms with Gasteiger partial charge in [-0.1, -0.05) is 31.0 Å². The van der Waals surface area contributed by atoms with Gasteiger partial charge in [-0.15, -0.1) is 0 Å². The van der Waals surface area contributed by atoms with Gasteiger partial charge in [0.2, 0.25) is 17.4 Å². The second kappa shape index (κ2) is 6.38. The topological polar surface area (TPSA) is 123 Å². The van der Waals surface area contributed by atoms with Crippen LogP contribution in [-0.4, -0.2) is 40.7 Å². The van der Waals surface area contributed by atoms with Gasteiger partial charge in [-0.2, -0.15) is 0 Å². The second-order valence-electron chi connectivity index (χ2n) is 8.60. The van der Waals surface area contributed by atoms with Crippen LogP contribution in [0.1, 0.15) is 44.1 Å². The molecule has 0 bridgehead atoms. The number of likely N-dealkylation sites (tertiary alicyclic amines) is 1. The van der Waals surface area contributed by atoms with Crippen molar-refractivity contribution in [2.75, 3.05) is 5.32 Å². The number of quaternary nitrogens is 1. The van der Waals surface area contributed by atoms with E-state index in [0.717, 1.165) is 25.7 Å². The largest absolute Gasteiger partial charge is 0.550 e. The fraction of sp³-hybridized carbons (Fsp3) is 0.524. The summed E-state index contributed by atoms with van der Waals surface area (Å²) in [6, 6.07) is 6.66. The van der Waals surface area contributed by atoms with Crippen molar-refractivity contribution < 1.29 is 29.6 Å². The van der Waals surface area contributed by atoms with Crippen LogP contribution in [0.15, 0.2) is 24.3 Å². The Morgan fingerprint density at radius 3 is 2.62 bits per heavy atom. The number of benzene rings is 1. The summed E-state index contributed by atoms with van der Waals surface area (Å²) >= 11 is 0. The van der Waals surface area contributed by atoms with E-state index in [9.17, 15) is 24.3 Å². The van der Waals surface area contributed by atoms with Crippen molar-refractivity contribution in [2.45, 2.75) is 56.1 Å². The van der Waals surface area contributed by atoms with Crippen LogP contribution in [0, 0.1) is 11.8 Å². The van der Waals surface area contributed by atoms with E-state index < -0.39 is 29.4 Å². The van der Waals surface area contributed by atoms with Crippen molar-refractivity contribution in [3.63, 3.8) is 0 Å². The first-order valence-electron chi connectivity index (χ1n) is 10.3. The Hall–Kier alpha value is -2.74. The number of carboxylic acids is 1. The maximum Gasteiger partial charge on any atom is 0.291 e. The molecule has 8 heteroatoms. The second-order valence-corrected chi connectivity index (χ2v) is 8.60. The lowest BCUT2D eigenvalue weighted by atomic mass is 9.76. The van der Waals surface area contributed by atoms with Crippen LogP contribution in [0.5, 0.6) is 0 Å². The van der Waals surface area contributed by atoms with Gasteiger partial charge in [0.1, 0.15) is 17.9 Å². The Morgan fingerprint density at radius 2 is 1.90 bits per heavy atom. The van der Waals surface area contributed by atoms with Crippen LogP contribution in [0.3, 0.4) is 0 Å². The number of nitrogens with one attached hydrogen (secondary N) is 1. The third-order valence-electron chi connectivity index (χ3n) is 7.18. The van der Waals surface area contributed by atoms with Crippen LogP contribution in [0.4, 0.5) is 5.69 Å². The highest BCUT2D eigenvalue weighted by Crippen LogP contribution is 2.50. The smallest absolute Gasteiger partial charge is 0.291 e. The van der Waals surface area contributed by atoms with Crippen molar-refractivity contribution in [3.05, 3.63) is 29.8 Å². The van der Waals surface area contributed by atoms with Gasteiger partial charge >= 0.3 is 0 Å². The van der Waals surface area contributed by atoms with Crippen LogP contribution in [0.25, 0.3) is 0 Å². The number of carboxylic acid groups (broad SMARTS) is 1. The maximum atomic E-state index is 13.6.